The van der Waals surface area contributed by atoms with Crippen LogP contribution in [-0.4, -0.2) is 24.6 Å². The molecule has 6 nitrogen and oxygen atoms in total. The second kappa shape index (κ2) is 8.50. The molecule has 128 valence electrons. The predicted molar refractivity (Wildman–Crippen MR) is 92.3 cm³/mol. The van der Waals surface area contributed by atoms with Gasteiger partial charge in [-0.05, 0) is 62.4 Å². The third kappa shape index (κ3) is 5.08. The number of anilines is 1. The van der Waals surface area contributed by atoms with E-state index in [1.54, 1.807) is 48.5 Å². The van der Waals surface area contributed by atoms with Gasteiger partial charge in [0, 0.05) is 5.69 Å². The van der Waals surface area contributed by atoms with Crippen LogP contribution in [0.4, 0.5) is 5.69 Å². The number of rotatable bonds is 6. The Morgan fingerprint density at radius 2 is 1.76 bits per heavy atom. The fraction of sp³-hybridized carbons (Fsp3) is 0.211. The first kappa shape index (κ1) is 18.0. The number of nitriles is 1. The largest absolute Gasteiger partial charge is 0.494 e. The van der Waals surface area contributed by atoms with Crippen molar-refractivity contribution in [2.75, 3.05) is 11.9 Å². The van der Waals surface area contributed by atoms with Crippen LogP contribution in [0.25, 0.3) is 0 Å². The van der Waals surface area contributed by atoms with E-state index in [9.17, 15) is 9.59 Å². The Labute approximate surface area is 146 Å². The summed E-state index contributed by atoms with van der Waals surface area (Å²) in [6.45, 7) is 3.90. The van der Waals surface area contributed by atoms with Crippen LogP contribution < -0.4 is 10.1 Å². The molecule has 25 heavy (non-hydrogen) atoms. The van der Waals surface area contributed by atoms with Crippen molar-refractivity contribution in [2.45, 2.75) is 20.0 Å². The lowest BCUT2D eigenvalue weighted by atomic mass is 10.2. The van der Waals surface area contributed by atoms with E-state index in [2.05, 4.69) is 5.32 Å². The lowest BCUT2D eigenvalue weighted by Gasteiger charge is -2.14. The van der Waals surface area contributed by atoms with Crippen LogP contribution in [-0.2, 0) is 9.53 Å². The summed E-state index contributed by atoms with van der Waals surface area (Å²) in [5.74, 6) is -0.389. The maximum absolute atomic E-state index is 12.1. The number of benzene rings is 2. The third-order valence-corrected chi connectivity index (χ3v) is 3.34. The van der Waals surface area contributed by atoms with Crippen molar-refractivity contribution in [1.82, 2.24) is 0 Å². The molecule has 6 heteroatoms. The van der Waals surface area contributed by atoms with Crippen molar-refractivity contribution >= 4 is 17.6 Å². The summed E-state index contributed by atoms with van der Waals surface area (Å²) in [6, 6.07) is 14.9. The first-order valence-corrected chi connectivity index (χ1v) is 7.78. The molecule has 0 saturated heterocycles. The minimum atomic E-state index is -0.963. The van der Waals surface area contributed by atoms with Gasteiger partial charge in [0.2, 0.25) is 0 Å². The van der Waals surface area contributed by atoms with Crippen molar-refractivity contribution in [2.24, 2.45) is 0 Å². The van der Waals surface area contributed by atoms with Gasteiger partial charge in [0.25, 0.3) is 5.91 Å². The Morgan fingerprint density at radius 3 is 2.32 bits per heavy atom. The summed E-state index contributed by atoms with van der Waals surface area (Å²) in [5, 5.41) is 11.4. The molecule has 0 aliphatic carbocycles. The minimum Gasteiger partial charge on any atom is -0.494 e. The van der Waals surface area contributed by atoms with E-state index in [0.717, 1.165) is 0 Å². The number of esters is 1. The maximum atomic E-state index is 12.1. The van der Waals surface area contributed by atoms with Crippen molar-refractivity contribution in [3.63, 3.8) is 0 Å². The number of carbonyl (C=O) groups is 2. The van der Waals surface area contributed by atoms with Crippen molar-refractivity contribution in [3.8, 4) is 11.8 Å². The monoisotopic (exact) mass is 338 g/mol. The summed E-state index contributed by atoms with van der Waals surface area (Å²) < 4.78 is 10.5. The summed E-state index contributed by atoms with van der Waals surface area (Å²) in [4.78, 5) is 24.2. The second-order valence-corrected chi connectivity index (χ2v) is 5.18. The van der Waals surface area contributed by atoms with Crippen LogP contribution in [0.15, 0.2) is 48.5 Å². The molecule has 0 aliphatic rings. The normalized spacial score (nSPS) is 11.1. The molecular weight excluding hydrogens is 320 g/mol. The highest BCUT2D eigenvalue weighted by molar-refractivity contribution is 5.97. The molecule has 0 unspecified atom stereocenters. The number of carbonyl (C=O) groups excluding carboxylic acids is 2. The first-order chi connectivity index (χ1) is 12.0. The van der Waals surface area contributed by atoms with E-state index in [1.807, 2.05) is 13.0 Å². The van der Waals surface area contributed by atoms with Gasteiger partial charge in [-0.3, -0.25) is 4.79 Å². The van der Waals surface area contributed by atoms with E-state index >= 15 is 0 Å². The van der Waals surface area contributed by atoms with Gasteiger partial charge in [-0.25, -0.2) is 4.79 Å². The van der Waals surface area contributed by atoms with Gasteiger partial charge in [-0.1, -0.05) is 0 Å². The van der Waals surface area contributed by atoms with E-state index in [-0.39, 0.29) is 0 Å². The molecule has 1 atom stereocenters. The molecule has 1 N–H and O–H groups in total. The fourth-order valence-corrected chi connectivity index (χ4v) is 2.01. The average Bonchev–Trinajstić information content (AvgIpc) is 2.63. The number of hydrogen-bond acceptors (Lipinski definition) is 5. The standard InChI is InChI=1S/C19H18N2O4/c1-3-24-17-10-6-15(7-11-17)19(23)25-13(2)18(22)21-16-8-4-14(12-20)5-9-16/h4-11,13H,3H2,1-2H3,(H,21,22)/t13-/m0/s1. The molecule has 2 aromatic rings. The van der Waals surface area contributed by atoms with E-state index in [1.165, 1.54) is 6.92 Å². The van der Waals surface area contributed by atoms with Crippen molar-refractivity contribution < 1.29 is 19.1 Å². The van der Waals surface area contributed by atoms with Crippen molar-refractivity contribution in [1.29, 1.82) is 5.26 Å². The quantitative estimate of drug-likeness (QED) is 0.818. The topological polar surface area (TPSA) is 88.4 Å². The molecule has 0 bridgehead atoms. The fourth-order valence-electron chi connectivity index (χ4n) is 2.01. The molecule has 0 heterocycles. The molecule has 0 saturated carbocycles. The Hall–Kier alpha value is -3.33. The highest BCUT2D eigenvalue weighted by Gasteiger charge is 2.19. The van der Waals surface area contributed by atoms with Crippen molar-refractivity contribution in [3.05, 3.63) is 59.7 Å². The molecule has 0 radical (unpaired) electrons. The van der Waals surface area contributed by atoms with Gasteiger partial charge < -0.3 is 14.8 Å². The Morgan fingerprint density at radius 1 is 1.12 bits per heavy atom. The zero-order chi connectivity index (χ0) is 18.2. The van der Waals surface area contributed by atoms with Crippen LogP contribution in [0, 0.1) is 11.3 Å². The Balaban J connectivity index is 1.93. The molecule has 1 amide bonds. The molecular formula is C19H18N2O4. The zero-order valence-corrected chi connectivity index (χ0v) is 14.0. The minimum absolute atomic E-state index is 0.335. The molecule has 0 spiro atoms. The van der Waals surface area contributed by atoms with Gasteiger partial charge >= 0.3 is 5.97 Å². The van der Waals surface area contributed by atoms with Crippen LogP contribution >= 0.6 is 0 Å². The van der Waals surface area contributed by atoms with Gasteiger partial charge in [-0.15, -0.1) is 0 Å². The highest BCUT2D eigenvalue weighted by atomic mass is 16.5. The van der Waals surface area contributed by atoms with Gasteiger partial charge in [-0.2, -0.15) is 5.26 Å². The summed E-state index contributed by atoms with van der Waals surface area (Å²) in [5.41, 5.74) is 1.35. The predicted octanol–water partition coefficient (Wildman–Crippen LogP) is 3.14. The number of hydrogen-bond donors (Lipinski definition) is 1. The number of amides is 1. The van der Waals surface area contributed by atoms with Crippen LogP contribution in [0.3, 0.4) is 0 Å². The molecule has 2 aromatic carbocycles. The Kier molecular flexibility index (Phi) is 6.13. The smallest absolute Gasteiger partial charge is 0.338 e. The second-order valence-electron chi connectivity index (χ2n) is 5.18. The number of ether oxygens (including phenoxy) is 2. The molecule has 2 rings (SSSR count). The zero-order valence-electron chi connectivity index (χ0n) is 14.0. The Bertz CT molecular complexity index is 777. The van der Waals surface area contributed by atoms with Gasteiger partial charge in [0.05, 0.1) is 23.8 Å². The highest BCUT2D eigenvalue weighted by Crippen LogP contribution is 2.14. The van der Waals surface area contributed by atoms with E-state index in [0.29, 0.717) is 29.2 Å². The average molecular weight is 338 g/mol. The third-order valence-electron chi connectivity index (χ3n) is 3.34. The molecule has 0 aromatic heterocycles. The maximum Gasteiger partial charge on any atom is 0.338 e. The van der Waals surface area contributed by atoms with Gasteiger partial charge in [0.1, 0.15) is 5.75 Å². The summed E-state index contributed by atoms with van der Waals surface area (Å²) >= 11 is 0. The van der Waals surface area contributed by atoms with E-state index < -0.39 is 18.0 Å². The van der Waals surface area contributed by atoms with Crippen LogP contribution in [0.2, 0.25) is 0 Å². The SMILES string of the molecule is CCOc1ccc(C(=O)O[C@@H](C)C(=O)Nc2ccc(C#N)cc2)cc1. The number of nitrogens with one attached hydrogen (secondary N) is 1. The van der Waals surface area contributed by atoms with Gasteiger partial charge in [0.15, 0.2) is 6.10 Å². The number of nitrogens with zero attached hydrogens (tertiary/aromatic N) is 1. The summed E-state index contributed by atoms with van der Waals surface area (Å²) in [7, 11) is 0. The van der Waals surface area contributed by atoms with Crippen LogP contribution in [0.5, 0.6) is 5.75 Å². The first-order valence-electron chi connectivity index (χ1n) is 7.78. The lowest BCUT2D eigenvalue weighted by Crippen LogP contribution is -2.30. The lowest BCUT2D eigenvalue weighted by molar-refractivity contribution is -0.123. The molecule has 0 fully saturated rings. The van der Waals surface area contributed by atoms with Crippen LogP contribution in [0.1, 0.15) is 29.8 Å². The molecule has 0 aliphatic heterocycles. The summed E-state index contributed by atoms with van der Waals surface area (Å²) in [6.07, 6.45) is -0.963. The van der Waals surface area contributed by atoms with E-state index in [4.69, 9.17) is 14.7 Å².